The summed E-state index contributed by atoms with van der Waals surface area (Å²) in [4.78, 5) is 12.8. The number of hydrogen-bond donors (Lipinski definition) is 1. The van der Waals surface area contributed by atoms with E-state index in [0.29, 0.717) is 29.5 Å². The number of rotatable bonds is 7. The van der Waals surface area contributed by atoms with Gasteiger partial charge in [-0.3, -0.25) is 4.79 Å². The lowest BCUT2D eigenvalue weighted by molar-refractivity contribution is -0.126. The van der Waals surface area contributed by atoms with Gasteiger partial charge in [-0.2, -0.15) is 4.31 Å². The largest absolute Gasteiger partial charge is 0.492 e. The maximum atomic E-state index is 13.2. The Morgan fingerprint density at radius 2 is 1.74 bits per heavy atom. The molecule has 6 nitrogen and oxygen atoms in total. The quantitative estimate of drug-likeness (QED) is 0.619. The Labute approximate surface area is 193 Å². The third-order valence-electron chi connectivity index (χ3n) is 5.38. The fourth-order valence-electron chi connectivity index (χ4n) is 3.62. The molecule has 0 unspecified atom stereocenters. The van der Waals surface area contributed by atoms with E-state index in [0.717, 1.165) is 5.56 Å². The minimum atomic E-state index is -3.78. The van der Waals surface area contributed by atoms with Gasteiger partial charge in [0, 0.05) is 29.1 Å². The lowest BCUT2D eigenvalue weighted by Gasteiger charge is -2.31. The number of amides is 1. The summed E-state index contributed by atoms with van der Waals surface area (Å²) in [6.07, 6.45) is 0.895. The van der Waals surface area contributed by atoms with Gasteiger partial charge in [-0.15, -0.1) is 0 Å². The molecule has 1 N–H and O–H groups in total. The van der Waals surface area contributed by atoms with Crippen LogP contribution < -0.4 is 10.1 Å². The molecule has 168 valence electrons. The molecule has 1 saturated heterocycles. The number of sulfonamides is 1. The smallest absolute Gasteiger partial charge is 0.246 e. The molecule has 1 atom stereocenters. The number of benzene rings is 2. The van der Waals surface area contributed by atoms with Crippen LogP contribution in [0.15, 0.2) is 47.4 Å². The number of ether oxygens (including phenoxy) is 1. The molecular formula is C22H26Cl2N2O4S. The van der Waals surface area contributed by atoms with Gasteiger partial charge in [-0.25, -0.2) is 8.42 Å². The number of carbonyl (C=O) groups is 1. The van der Waals surface area contributed by atoms with Crippen molar-refractivity contribution in [2.45, 2.75) is 37.6 Å². The summed E-state index contributed by atoms with van der Waals surface area (Å²) < 4.78 is 33.2. The van der Waals surface area contributed by atoms with Crippen LogP contribution >= 0.6 is 23.2 Å². The van der Waals surface area contributed by atoms with Gasteiger partial charge in [-0.1, -0.05) is 35.3 Å². The molecule has 0 aromatic heterocycles. The van der Waals surface area contributed by atoms with Crippen molar-refractivity contribution in [2.75, 3.05) is 19.7 Å². The minimum absolute atomic E-state index is 0.0566. The van der Waals surface area contributed by atoms with E-state index in [4.69, 9.17) is 27.9 Å². The molecule has 0 spiro atoms. The van der Waals surface area contributed by atoms with Crippen molar-refractivity contribution in [3.8, 4) is 5.75 Å². The highest BCUT2D eigenvalue weighted by atomic mass is 35.5. The molecule has 0 saturated carbocycles. The number of hydrogen-bond acceptors (Lipinski definition) is 4. The molecule has 0 aliphatic carbocycles. The summed E-state index contributed by atoms with van der Waals surface area (Å²) in [5.41, 5.74) is 0.960. The van der Waals surface area contributed by atoms with Crippen LogP contribution in [0, 0.1) is 5.92 Å². The fraction of sp³-hybridized carbons (Fsp3) is 0.409. The van der Waals surface area contributed by atoms with Crippen LogP contribution in [0.3, 0.4) is 0 Å². The Kier molecular flexibility index (Phi) is 7.86. The SMILES string of the molecule is CCOc1ccc(Cl)cc1S(=O)(=O)N1CCC(C(=O)N[C@H](C)c2ccc(Cl)cc2)CC1. The minimum Gasteiger partial charge on any atom is -0.492 e. The van der Waals surface area contributed by atoms with Gasteiger partial charge >= 0.3 is 0 Å². The monoisotopic (exact) mass is 484 g/mol. The first-order valence-corrected chi connectivity index (χ1v) is 12.4. The predicted octanol–water partition coefficient (Wildman–Crippen LogP) is 4.67. The standard InChI is InChI=1S/C22H26Cl2N2O4S/c1-3-30-20-9-8-19(24)14-21(20)31(28,29)26-12-10-17(11-13-26)22(27)25-15(2)16-4-6-18(23)7-5-16/h4-9,14-15,17H,3,10-13H2,1-2H3,(H,25,27)/t15-/m1/s1. The first-order chi connectivity index (χ1) is 14.7. The van der Waals surface area contributed by atoms with E-state index >= 15 is 0 Å². The van der Waals surface area contributed by atoms with Crippen molar-refractivity contribution in [3.63, 3.8) is 0 Å². The first-order valence-electron chi connectivity index (χ1n) is 10.2. The zero-order chi connectivity index (χ0) is 22.6. The fourth-order valence-corrected chi connectivity index (χ4v) is 5.61. The van der Waals surface area contributed by atoms with E-state index in [-0.39, 0.29) is 41.6 Å². The predicted molar refractivity (Wildman–Crippen MR) is 122 cm³/mol. The van der Waals surface area contributed by atoms with Crippen molar-refractivity contribution < 1.29 is 17.9 Å². The lowest BCUT2D eigenvalue weighted by atomic mass is 9.96. The maximum Gasteiger partial charge on any atom is 0.246 e. The number of nitrogens with zero attached hydrogens (tertiary/aromatic N) is 1. The van der Waals surface area contributed by atoms with Gasteiger partial charge in [-0.05, 0) is 62.6 Å². The van der Waals surface area contributed by atoms with Crippen molar-refractivity contribution in [2.24, 2.45) is 5.92 Å². The van der Waals surface area contributed by atoms with E-state index in [1.165, 1.54) is 10.4 Å². The second kappa shape index (κ2) is 10.2. The summed E-state index contributed by atoms with van der Waals surface area (Å²) >= 11 is 12.0. The number of nitrogens with one attached hydrogen (secondary N) is 1. The van der Waals surface area contributed by atoms with Crippen molar-refractivity contribution in [1.29, 1.82) is 0 Å². The average molecular weight is 485 g/mol. The molecule has 9 heteroatoms. The van der Waals surface area contributed by atoms with Crippen LogP contribution in [-0.4, -0.2) is 38.3 Å². The first kappa shape index (κ1) is 23.9. The second-order valence-electron chi connectivity index (χ2n) is 7.48. The van der Waals surface area contributed by atoms with Gasteiger partial charge in [0.2, 0.25) is 15.9 Å². The third-order valence-corrected chi connectivity index (χ3v) is 7.78. The summed E-state index contributed by atoms with van der Waals surface area (Å²) in [5, 5.41) is 3.98. The van der Waals surface area contributed by atoms with Gasteiger partial charge < -0.3 is 10.1 Å². The lowest BCUT2D eigenvalue weighted by Crippen LogP contribution is -2.43. The number of piperidine rings is 1. The Hall–Kier alpha value is -1.80. The van der Waals surface area contributed by atoms with Gasteiger partial charge in [0.1, 0.15) is 10.6 Å². The molecule has 1 heterocycles. The Bertz CT molecular complexity index is 1020. The molecule has 1 amide bonds. The Balaban J connectivity index is 1.64. The molecule has 0 bridgehead atoms. The molecule has 3 rings (SSSR count). The highest BCUT2D eigenvalue weighted by Gasteiger charge is 2.34. The van der Waals surface area contributed by atoms with Crippen LogP contribution in [0.25, 0.3) is 0 Å². The van der Waals surface area contributed by atoms with Crippen molar-refractivity contribution >= 4 is 39.1 Å². The van der Waals surface area contributed by atoms with Crippen molar-refractivity contribution in [1.82, 2.24) is 9.62 Å². The highest BCUT2D eigenvalue weighted by molar-refractivity contribution is 7.89. The molecule has 1 aliphatic heterocycles. The molecule has 2 aromatic rings. The summed E-state index contributed by atoms with van der Waals surface area (Å²) in [5.74, 6) is -0.0345. The average Bonchev–Trinajstić information content (AvgIpc) is 2.75. The van der Waals surface area contributed by atoms with E-state index in [1.807, 2.05) is 19.1 Å². The van der Waals surface area contributed by atoms with Gasteiger partial charge in [0.05, 0.1) is 12.6 Å². The third kappa shape index (κ3) is 5.71. The second-order valence-corrected chi connectivity index (χ2v) is 10.3. The van der Waals surface area contributed by atoms with E-state index in [9.17, 15) is 13.2 Å². The van der Waals surface area contributed by atoms with Crippen LogP contribution in [0.5, 0.6) is 5.75 Å². The summed E-state index contributed by atoms with van der Waals surface area (Å²) in [7, 11) is -3.78. The molecular weight excluding hydrogens is 459 g/mol. The van der Waals surface area contributed by atoms with E-state index in [2.05, 4.69) is 5.32 Å². The molecule has 1 fully saturated rings. The molecule has 31 heavy (non-hydrogen) atoms. The topological polar surface area (TPSA) is 75.7 Å². The molecule has 0 radical (unpaired) electrons. The van der Waals surface area contributed by atoms with Crippen LogP contribution in [-0.2, 0) is 14.8 Å². The zero-order valence-corrected chi connectivity index (χ0v) is 19.8. The van der Waals surface area contributed by atoms with Crippen molar-refractivity contribution in [3.05, 3.63) is 58.1 Å². The Morgan fingerprint density at radius 3 is 2.35 bits per heavy atom. The van der Waals surface area contributed by atoms with Crippen LogP contribution in [0.1, 0.15) is 38.3 Å². The van der Waals surface area contributed by atoms with Crippen LogP contribution in [0.2, 0.25) is 10.0 Å². The molecule has 2 aromatic carbocycles. The maximum absolute atomic E-state index is 13.2. The summed E-state index contributed by atoms with van der Waals surface area (Å²) in [6, 6.07) is 11.7. The van der Waals surface area contributed by atoms with E-state index in [1.54, 1.807) is 31.2 Å². The van der Waals surface area contributed by atoms with E-state index < -0.39 is 10.0 Å². The Morgan fingerprint density at radius 1 is 1.13 bits per heavy atom. The van der Waals surface area contributed by atoms with Gasteiger partial charge in [0.15, 0.2) is 0 Å². The van der Waals surface area contributed by atoms with Crippen LogP contribution in [0.4, 0.5) is 0 Å². The molecule has 1 aliphatic rings. The normalized spacial score (nSPS) is 16.6. The van der Waals surface area contributed by atoms with Gasteiger partial charge in [0.25, 0.3) is 0 Å². The number of carbonyl (C=O) groups excluding carboxylic acids is 1. The summed E-state index contributed by atoms with van der Waals surface area (Å²) in [6.45, 7) is 4.56. The highest BCUT2D eigenvalue weighted by Crippen LogP contribution is 2.32. The zero-order valence-electron chi connectivity index (χ0n) is 17.5. The number of halogens is 2.